The molecule has 2 heteroatoms. The summed E-state index contributed by atoms with van der Waals surface area (Å²) in [5.74, 6) is 0.569. The maximum absolute atomic E-state index is 4.28. The minimum Gasteiger partial charge on any atom is -0.254 e. The fourth-order valence-corrected chi connectivity index (χ4v) is 1.44. The van der Waals surface area contributed by atoms with Gasteiger partial charge in [-0.3, -0.25) is 4.99 Å². The van der Waals surface area contributed by atoms with Crippen LogP contribution in [0.3, 0.4) is 0 Å². The van der Waals surface area contributed by atoms with Crippen molar-refractivity contribution in [2.75, 3.05) is 0 Å². The second-order valence-electron chi connectivity index (χ2n) is 2.82. The monoisotopic (exact) mass is 155 g/mol. The van der Waals surface area contributed by atoms with Crippen LogP contribution >= 0.6 is 11.8 Å². The molecule has 0 aliphatic carbocycles. The Balaban J connectivity index is 2.66. The second-order valence-corrected chi connectivity index (χ2v) is 4.05. The first kappa shape index (κ1) is 7.86. The maximum atomic E-state index is 4.28. The molecule has 1 aliphatic heterocycles. The van der Waals surface area contributed by atoms with E-state index in [-0.39, 0.29) is 0 Å². The van der Waals surface area contributed by atoms with Gasteiger partial charge in [0.25, 0.3) is 0 Å². The van der Waals surface area contributed by atoms with E-state index in [9.17, 15) is 0 Å². The third-order valence-corrected chi connectivity index (χ3v) is 2.27. The first-order valence-corrected chi connectivity index (χ1v) is 4.54. The van der Waals surface area contributed by atoms with Crippen LogP contribution in [0, 0.1) is 5.92 Å². The van der Waals surface area contributed by atoms with E-state index in [1.165, 1.54) is 5.70 Å². The summed E-state index contributed by atoms with van der Waals surface area (Å²) in [4.78, 5) is 4.28. The molecule has 0 bridgehead atoms. The summed E-state index contributed by atoms with van der Waals surface area (Å²) in [5, 5.41) is 0.606. The number of thioether (sulfide) groups is 1. The maximum Gasteiger partial charge on any atom is 0.0605 e. The molecule has 0 amide bonds. The minimum atomic E-state index is 0.569. The zero-order valence-corrected chi connectivity index (χ0v) is 7.48. The Kier molecular flexibility index (Phi) is 2.55. The summed E-state index contributed by atoms with van der Waals surface area (Å²) in [7, 11) is 0. The van der Waals surface area contributed by atoms with Crippen LogP contribution in [-0.4, -0.2) is 10.8 Å². The van der Waals surface area contributed by atoms with Crippen molar-refractivity contribution in [1.29, 1.82) is 0 Å². The Labute approximate surface area is 66.6 Å². The molecule has 0 N–H and O–H groups in total. The van der Waals surface area contributed by atoms with E-state index in [0.717, 1.165) is 0 Å². The Bertz CT molecular complexity index is 170. The van der Waals surface area contributed by atoms with Crippen LogP contribution in [0.2, 0.25) is 0 Å². The van der Waals surface area contributed by atoms with Gasteiger partial charge < -0.3 is 0 Å². The molecule has 1 aliphatic rings. The van der Waals surface area contributed by atoms with E-state index in [0.29, 0.717) is 11.2 Å². The highest BCUT2D eigenvalue weighted by Gasteiger charge is 2.07. The van der Waals surface area contributed by atoms with Crippen LogP contribution in [-0.2, 0) is 0 Å². The van der Waals surface area contributed by atoms with Crippen molar-refractivity contribution >= 4 is 17.3 Å². The van der Waals surface area contributed by atoms with Gasteiger partial charge in [0.15, 0.2) is 0 Å². The van der Waals surface area contributed by atoms with Crippen molar-refractivity contribution in [3.8, 4) is 0 Å². The van der Waals surface area contributed by atoms with E-state index in [2.05, 4.69) is 31.8 Å². The van der Waals surface area contributed by atoms with Gasteiger partial charge in [0.05, 0.1) is 5.55 Å². The average molecular weight is 155 g/mol. The summed E-state index contributed by atoms with van der Waals surface area (Å²) in [5.41, 5.74) is 3.17. The summed E-state index contributed by atoms with van der Waals surface area (Å²) < 4.78 is 0. The van der Waals surface area contributed by atoms with Crippen LogP contribution < -0.4 is 0 Å². The highest BCUT2D eigenvalue weighted by atomic mass is 32.2. The number of aliphatic imine (C=N–C) groups is 1. The van der Waals surface area contributed by atoms with Crippen LogP contribution in [0.15, 0.2) is 16.8 Å². The van der Waals surface area contributed by atoms with Crippen LogP contribution in [0.25, 0.3) is 0 Å². The highest BCUT2D eigenvalue weighted by molar-refractivity contribution is 8.12. The Morgan fingerprint density at radius 3 is 2.70 bits per heavy atom. The molecule has 56 valence electrons. The van der Waals surface area contributed by atoms with Gasteiger partial charge in [-0.15, -0.1) is 11.8 Å². The predicted octanol–water partition coefficient (Wildman–Crippen LogP) is 2.69. The topological polar surface area (TPSA) is 12.4 Å². The number of allylic oxidation sites excluding steroid dienone is 1. The van der Waals surface area contributed by atoms with Gasteiger partial charge in [0.2, 0.25) is 0 Å². The molecule has 1 rings (SSSR count). The second kappa shape index (κ2) is 3.24. The van der Waals surface area contributed by atoms with Gasteiger partial charge in [-0.25, -0.2) is 0 Å². The van der Waals surface area contributed by atoms with Crippen LogP contribution in [0.4, 0.5) is 0 Å². The summed E-state index contributed by atoms with van der Waals surface area (Å²) in [6, 6.07) is 0. The normalized spacial score (nSPS) is 25.2. The van der Waals surface area contributed by atoms with Crippen LogP contribution in [0.1, 0.15) is 20.8 Å². The highest BCUT2D eigenvalue weighted by Crippen LogP contribution is 2.21. The van der Waals surface area contributed by atoms with Gasteiger partial charge in [-0.05, 0) is 18.9 Å². The third kappa shape index (κ3) is 1.87. The average Bonchev–Trinajstić information content (AvgIpc) is 1.88. The number of nitrogens with zero attached hydrogens (tertiary/aromatic N) is 1. The minimum absolute atomic E-state index is 0.569. The van der Waals surface area contributed by atoms with Gasteiger partial charge >= 0.3 is 0 Å². The number of hydrogen-bond donors (Lipinski definition) is 0. The van der Waals surface area contributed by atoms with E-state index in [1.807, 2.05) is 5.55 Å². The molecule has 10 heavy (non-hydrogen) atoms. The molecule has 1 unspecified atom stereocenters. The molecule has 0 saturated heterocycles. The lowest BCUT2D eigenvalue weighted by Crippen LogP contribution is -2.02. The number of hydrogen-bond acceptors (Lipinski definition) is 2. The van der Waals surface area contributed by atoms with Gasteiger partial charge in [-0.1, -0.05) is 13.8 Å². The SMILES string of the molecule is CC1C=C(C(C)C)N=CS1. The fraction of sp³-hybridized carbons (Fsp3) is 0.625. The standard InChI is InChI=1S/C8H13NS/c1-6(2)8-4-7(3)10-5-9-8/h4-7H,1-3H3. The van der Waals surface area contributed by atoms with Gasteiger partial charge in [0, 0.05) is 10.9 Å². The molecule has 0 aromatic carbocycles. The first-order chi connectivity index (χ1) is 4.70. The quantitative estimate of drug-likeness (QED) is 0.567. The molecule has 0 fully saturated rings. The zero-order chi connectivity index (χ0) is 7.56. The summed E-state index contributed by atoms with van der Waals surface area (Å²) in [6.07, 6.45) is 2.23. The Morgan fingerprint density at radius 1 is 1.60 bits per heavy atom. The van der Waals surface area contributed by atoms with Crippen molar-refractivity contribution in [2.24, 2.45) is 10.9 Å². The Morgan fingerprint density at radius 2 is 2.30 bits per heavy atom. The van der Waals surface area contributed by atoms with E-state index in [4.69, 9.17) is 0 Å². The van der Waals surface area contributed by atoms with Crippen molar-refractivity contribution in [1.82, 2.24) is 0 Å². The molecule has 0 saturated carbocycles. The lowest BCUT2D eigenvalue weighted by molar-refractivity contribution is 0.753. The molecule has 0 spiro atoms. The zero-order valence-electron chi connectivity index (χ0n) is 6.66. The van der Waals surface area contributed by atoms with Crippen molar-refractivity contribution in [3.05, 3.63) is 11.8 Å². The van der Waals surface area contributed by atoms with Crippen molar-refractivity contribution in [3.63, 3.8) is 0 Å². The van der Waals surface area contributed by atoms with Gasteiger partial charge in [0.1, 0.15) is 0 Å². The number of rotatable bonds is 1. The van der Waals surface area contributed by atoms with E-state index >= 15 is 0 Å². The van der Waals surface area contributed by atoms with E-state index < -0.39 is 0 Å². The van der Waals surface area contributed by atoms with E-state index in [1.54, 1.807) is 11.8 Å². The van der Waals surface area contributed by atoms with Gasteiger partial charge in [-0.2, -0.15) is 0 Å². The molecule has 1 nitrogen and oxygen atoms in total. The molecular weight excluding hydrogens is 142 g/mol. The predicted molar refractivity (Wildman–Crippen MR) is 48.5 cm³/mol. The summed E-state index contributed by atoms with van der Waals surface area (Å²) >= 11 is 1.77. The third-order valence-electron chi connectivity index (χ3n) is 1.47. The largest absolute Gasteiger partial charge is 0.254 e. The molecule has 0 aromatic rings. The molecular formula is C8H13NS. The fourth-order valence-electron chi connectivity index (χ4n) is 0.852. The lowest BCUT2D eigenvalue weighted by atomic mass is 10.1. The smallest absolute Gasteiger partial charge is 0.0605 e. The van der Waals surface area contributed by atoms with Crippen molar-refractivity contribution < 1.29 is 0 Å². The molecule has 1 atom stereocenters. The van der Waals surface area contributed by atoms with Crippen LogP contribution in [0.5, 0.6) is 0 Å². The molecule has 1 heterocycles. The summed E-state index contributed by atoms with van der Waals surface area (Å²) in [6.45, 7) is 6.54. The Hall–Kier alpha value is -0.240. The molecule has 0 aromatic heterocycles. The van der Waals surface area contributed by atoms with Crippen molar-refractivity contribution in [2.45, 2.75) is 26.0 Å². The first-order valence-electron chi connectivity index (χ1n) is 3.60. The molecule has 0 radical (unpaired) electrons. The lowest BCUT2D eigenvalue weighted by Gasteiger charge is -2.12.